The first-order chi connectivity index (χ1) is 5.33. The van der Waals surface area contributed by atoms with Crippen LogP contribution in [0.15, 0.2) is 30.5 Å². The van der Waals surface area contributed by atoms with Crippen molar-refractivity contribution in [3.05, 3.63) is 36.2 Å². The lowest BCUT2D eigenvalue weighted by atomic mass is 10.4. The van der Waals surface area contributed by atoms with Crippen LogP contribution < -0.4 is 4.74 Å². The van der Waals surface area contributed by atoms with Crippen LogP contribution in [-0.4, -0.2) is 4.98 Å². The number of pyridine rings is 1. The minimum Gasteiger partial charge on any atom is -0.447 e. The van der Waals surface area contributed by atoms with E-state index in [1.54, 1.807) is 6.26 Å². The number of hydrogen-bond acceptors (Lipinski definition) is 2. The molecule has 0 fully saturated rings. The number of allylic oxidation sites excluding steroid dienone is 1. The molecule has 0 atom stereocenters. The highest BCUT2D eigenvalue weighted by molar-refractivity contribution is 5.15. The highest BCUT2D eigenvalue weighted by atomic mass is 16.5. The lowest BCUT2D eigenvalue weighted by molar-refractivity contribution is 0.459. The molecule has 0 bridgehead atoms. The van der Waals surface area contributed by atoms with Crippen LogP contribution in [0.2, 0.25) is 0 Å². The topological polar surface area (TPSA) is 22.1 Å². The number of ether oxygens (including phenoxy) is 1. The van der Waals surface area contributed by atoms with Gasteiger partial charge in [0.05, 0.1) is 6.26 Å². The van der Waals surface area contributed by atoms with Gasteiger partial charge in [0.1, 0.15) is 0 Å². The first-order valence-electron chi connectivity index (χ1n) is 3.54. The monoisotopic (exact) mass is 149 g/mol. The van der Waals surface area contributed by atoms with Gasteiger partial charge in [-0.05, 0) is 19.9 Å². The van der Waals surface area contributed by atoms with Crippen molar-refractivity contribution in [2.24, 2.45) is 0 Å². The minimum absolute atomic E-state index is 0.642. The molecule has 0 aromatic carbocycles. The molecule has 1 aromatic heterocycles. The summed E-state index contributed by atoms with van der Waals surface area (Å²) in [7, 11) is 0. The van der Waals surface area contributed by atoms with E-state index in [4.69, 9.17) is 4.74 Å². The Balaban J connectivity index is 2.71. The van der Waals surface area contributed by atoms with Gasteiger partial charge in [-0.2, -0.15) is 0 Å². The SMILES string of the molecule is C/C=C\Oc1cccc(C)n1. The molecule has 0 radical (unpaired) electrons. The summed E-state index contributed by atoms with van der Waals surface area (Å²) < 4.78 is 5.14. The van der Waals surface area contributed by atoms with E-state index in [2.05, 4.69) is 4.98 Å². The molecule has 0 saturated heterocycles. The van der Waals surface area contributed by atoms with Crippen LogP contribution in [0, 0.1) is 6.92 Å². The molecule has 2 heteroatoms. The molecule has 58 valence electrons. The summed E-state index contributed by atoms with van der Waals surface area (Å²) >= 11 is 0. The van der Waals surface area contributed by atoms with Gasteiger partial charge in [-0.25, -0.2) is 4.98 Å². The number of nitrogens with zero attached hydrogens (tertiary/aromatic N) is 1. The third-order valence-corrected chi connectivity index (χ3v) is 1.19. The summed E-state index contributed by atoms with van der Waals surface area (Å²) in [5.74, 6) is 0.642. The van der Waals surface area contributed by atoms with Crippen molar-refractivity contribution >= 4 is 0 Å². The van der Waals surface area contributed by atoms with Crippen LogP contribution in [0.1, 0.15) is 12.6 Å². The molecule has 0 aliphatic carbocycles. The zero-order chi connectivity index (χ0) is 8.10. The van der Waals surface area contributed by atoms with Crippen molar-refractivity contribution in [1.29, 1.82) is 0 Å². The van der Waals surface area contributed by atoms with Gasteiger partial charge in [-0.3, -0.25) is 0 Å². The maximum absolute atomic E-state index is 5.14. The molecule has 0 N–H and O–H groups in total. The molecule has 0 unspecified atom stereocenters. The first-order valence-corrected chi connectivity index (χ1v) is 3.54. The van der Waals surface area contributed by atoms with Gasteiger partial charge in [0.15, 0.2) is 0 Å². The smallest absolute Gasteiger partial charge is 0.218 e. The first kappa shape index (κ1) is 7.79. The van der Waals surface area contributed by atoms with Crippen LogP contribution in [0.3, 0.4) is 0 Å². The summed E-state index contributed by atoms with van der Waals surface area (Å²) in [4.78, 5) is 4.14. The number of aromatic nitrogens is 1. The largest absolute Gasteiger partial charge is 0.447 e. The van der Waals surface area contributed by atoms with E-state index < -0.39 is 0 Å². The second-order valence-corrected chi connectivity index (χ2v) is 2.20. The van der Waals surface area contributed by atoms with Gasteiger partial charge < -0.3 is 4.74 Å². The predicted molar refractivity (Wildman–Crippen MR) is 44.4 cm³/mol. The molecule has 1 heterocycles. The van der Waals surface area contributed by atoms with Gasteiger partial charge in [-0.1, -0.05) is 12.1 Å². The van der Waals surface area contributed by atoms with Crippen LogP contribution in [-0.2, 0) is 0 Å². The van der Waals surface area contributed by atoms with E-state index in [1.165, 1.54) is 0 Å². The molecular weight excluding hydrogens is 138 g/mol. The standard InChI is InChI=1S/C9H11NO/c1-3-7-11-9-6-4-5-8(2)10-9/h3-7H,1-2H3/b7-3-. The average molecular weight is 149 g/mol. The van der Waals surface area contributed by atoms with E-state index in [0.717, 1.165) is 5.69 Å². The van der Waals surface area contributed by atoms with Crippen molar-refractivity contribution in [3.8, 4) is 5.88 Å². The molecule has 0 amide bonds. The van der Waals surface area contributed by atoms with Gasteiger partial charge in [-0.15, -0.1) is 0 Å². The summed E-state index contributed by atoms with van der Waals surface area (Å²) in [5.41, 5.74) is 0.965. The molecule has 0 saturated carbocycles. The summed E-state index contributed by atoms with van der Waals surface area (Å²) in [6.45, 7) is 3.83. The van der Waals surface area contributed by atoms with Crippen molar-refractivity contribution in [1.82, 2.24) is 4.98 Å². The highest BCUT2D eigenvalue weighted by Crippen LogP contribution is 2.06. The second kappa shape index (κ2) is 3.76. The fourth-order valence-corrected chi connectivity index (χ4v) is 0.721. The van der Waals surface area contributed by atoms with Crippen LogP contribution in [0.4, 0.5) is 0 Å². The normalized spacial score (nSPS) is 10.4. The predicted octanol–water partition coefficient (Wildman–Crippen LogP) is 2.30. The zero-order valence-corrected chi connectivity index (χ0v) is 6.74. The quantitative estimate of drug-likeness (QED) is 0.602. The number of rotatable bonds is 2. The van der Waals surface area contributed by atoms with Gasteiger partial charge >= 0.3 is 0 Å². The Morgan fingerprint density at radius 3 is 2.91 bits per heavy atom. The second-order valence-electron chi connectivity index (χ2n) is 2.20. The van der Waals surface area contributed by atoms with Gasteiger partial charge in [0, 0.05) is 11.8 Å². The maximum Gasteiger partial charge on any atom is 0.218 e. The van der Waals surface area contributed by atoms with Crippen molar-refractivity contribution in [2.45, 2.75) is 13.8 Å². The third kappa shape index (κ3) is 2.42. The third-order valence-electron chi connectivity index (χ3n) is 1.19. The molecule has 0 spiro atoms. The van der Waals surface area contributed by atoms with Crippen LogP contribution >= 0.6 is 0 Å². The molecule has 1 rings (SSSR count). The van der Waals surface area contributed by atoms with Crippen molar-refractivity contribution in [3.63, 3.8) is 0 Å². The Morgan fingerprint density at radius 2 is 2.27 bits per heavy atom. The average Bonchev–Trinajstić information content (AvgIpc) is 2.01. The minimum atomic E-state index is 0.642. The Kier molecular flexibility index (Phi) is 2.66. The lowest BCUT2D eigenvalue weighted by Crippen LogP contribution is -1.87. The van der Waals surface area contributed by atoms with E-state index >= 15 is 0 Å². The maximum atomic E-state index is 5.14. The van der Waals surface area contributed by atoms with Crippen LogP contribution in [0.5, 0.6) is 5.88 Å². The molecule has 0 aliphatic rings. The molecule has 2 nitrogen and oxygen atoms in total. The van der Waals surface area contributed by atoms with E-state index in [0.29, 0.717) is 5.88 Å². The van der Waals surface area contributed by atoms with Gasteiger partial charge in [0.2, 0.25) is 5.88 Å². The Labute approximate surface area is 66.5 Å². The van der Waals surface area contributed by atoms with Crippen molar-refractivity contribution in [2.75, 3.05) is 0 Å². The van der Waals surface area contributed by atoms with Gasteiger partial charge in [0.25, 0.3) is 0 Å². The summed E-state index contributed by atoms with van der Waals surface area (Å²) in [6.07, 6.45) is 3.44. The fourth-order valence-electron chi connectivity index (χ4n) is 0.721. The molecular formula is C9H11NO. The lowest BCUT2D eigenvalue weighted by Gasteiger charge is -1.97. The molecule has 1 aromatic rings. The molecule has 0 aliphatic heterocycles. The number of hydrogen-bond donors (Lipinski definition) is 0. The number of aryl methyl sites for hydroxylation is 1. The Morgan fingerprint density at radius 1 is 1.45 bits per heavy atom. The fraction of sp³-hybridized carbons (Fsp3) is 0.222. The summed E-state index contributed by atoms with van der Waals surface area (Å²) in [5, 5.41) is 0. The Bertz CT molecular complexity index is 255. The Hall–Kier alpha value is -1.31. The van der Waals surface area contributed by atoms with Crippen LogP contribution in [0.25, 0.3) is 0 Å². The van der Waals surface area contributed by atoms with E-state index in [1.807, 2.05) is 38.1 Å². The summed E-state index contributed by atoms with van der Waals surface area (Å²) in [6, 6.07) is 5.68. The zero-order valence-electron chi connectivity index (χ0n) is 6.74. The van der Waals surface area contributed by atoms with Crippen molar-refractivity contribution < 1.29 is 4.74 Å². The van der Waals surface area contributed by atoms with E-state index in [-0.39, 0.29) is 0 Å². The molecule has 11 heavy (non-hydrogen) atoms. The van der Waals surface area contributed by atoms with E-state index in [9.17, 15) is 0 Å². The highest BCUT2D eigenvalue weighted by Gasteiger charge is 1.90.